The molecule has 0 saturated heterocycles. The number of esters is 1. The Labute approximate surface area is 147 Å². The highest BCUT2D eigenvalue weighted by Gasteiger charge is 2.29. The number of anilines is 1. The van der Waals surface area contributed by atoms with Gasteiger partial charge in [0.25, 0.3) is 11.6 Å². The highest BCUT2D eigenvalue weighted by Crippen LogP contribution is 2.23. The van der Waals surface area contributed by atoms with Crippen LogP contribution in [0, 0.1) is 10.1 Å². The van der Waals surface area contributed by atoms with Gasteiger partial charge in [-0.25, -0.2) is 4.79 Å². The van der Waals surface area contributed by atoms with E-state index in [1.54, 1.807) is 11.9 Å². The van der Waals surface area contributed by atoms with Gasteiger partial charge < -0.3 is 15.0 Å². The summed E-state index contributed by atoms with van der Waals surface area (Å²) in [5, 5.41) is 13.7. The van der Waals surface area contributed by atoms with Crippen LogP contribution in [0.4, 0.5) is 11.4 Å². The van der Waals surface area contributed by atoms with Gasteiger partial charge in [-0.1, -0.05) is 0 Å². The first-order chi connectivity index (χ1) is 11.6. The van der Waals surface area contributed by atoms with Crippen molar-refractivity contribution >= 4 is 23.3 Å². The zero-order chi connectivity index (χ0) is 19.3. The molecule has 0 aliphatic heterocycles. The van der Waals surface area contributed by atoms with Crippen molar-refractivity contribution in [1.29, 1.82) is 0 Å². The zero-order valence-corrected chi connectivity index (χ0v) is 15.4. The van der Waals surface area contributed by atoms with E-state index < -0.39 is 17.0 Å². The SMILES string of the molecule is CNc1ccc([N+](=O)[O-])cc1C(=O)OC(C)C(=O)N(C(C)C)C(C)C. The van der Waals surface area contributed by atoms with Gasteiger partial charge in [-0.05, 0) is 40.7 Å². The summed E-state index contributed by atoms with van der Waals surface area (Å²) >= 11 is 0. The second kappa shape index (κ2) is 8.46. The third-order valence-corrected chi connectivity index (χ3v) is 3.70. The van der Waals surface area contributed by atoms with Crippen LogP contribution < -0.4 is 5.32 Å². The average Bonchev–Trinajstić information content (AvgIpc) is 2.53. The zero-order valence-electron chi connectivity index (χ0n) is 15.4. The van der Waals surface area contributed by atoms with Crippen molar-refractivity contribution < 1.29 is 19.2 Å². The van der Waals surface area contributed by atoms with E-state index in [1.807, 2.05) is 27.7 Å². The first-order valence-electron chi connectivity index (χ1n) is 8.09. The van der Waals surface area contributed by atoms with Crippen LogP contribution in [0.5, 0.6) is 0 Å². The number of amides is 1. The van der Waals surface area contributed by atoms with E-state index in [-0.39, 0.29) is 29.2 Å². The molecule has 8 nitrogen and oxygen atoms in total. The molecule has 25 heavy (non-hydrogen) atoms. The van der Waals surface area contributed by atoms with Crippen molar-refractivity contribution in [1.82, 2.24) is 4.90 Å². The Balaban J connectivity index is 3.03. The number of nitrogens with one attached hydrogen (secondary N) is 1. The van der Waals surface area contributed by atoms with Gasteiger partial charge in [0.1, 0.15) is 0 Å². The molecule has 0 radical (unpaired) electrons. The first kappa shape index (κ1) is 20.4. The predicted molar refractivity (Wildman–Crippen MR) is 94.6 cm³/mol. The molecule has 0 fully saturated rings. The van der Waals surface area contributed by atoms with E-state index >= 15 is 0 Å². The summed E-state index contributed by atoms with van der Waals surface area (Å²) in [5.41, 5.74) is 0.174. The topological polar surface area (TPSA) is 102 Å². The monoisotopic (exact) mass is 351 g/mol. The number of nitro benzene ring substituents is 1. The predicted octanol–water partition coefficient (Wildman–Crippen LogP) is 2.83. The van der Waals surface area contributed by atoms with Crippen molar-refractivity contribution in [3.05, 3.63) is 33.9 Å². The Morgan fingerprint density at radius 2 is 1.72 bits per heavy atom. The lowest BCUT2D eigenvalue weighted by atomic mass is 10.1. The first-order valence-corrected chi connectivity index (χ1v) is 8.09. The normalized spacial score (nSPS) is 12.0. The van der Waals surface area contributed by atoms with Crippen LogP contribution in [0.1, 0.15) is 45.0 Å². The second-order valence-corrected chi connectivity index (χ2v) is 6.22. The van der Waals surface area contributed by atoms with Crippen LogP contribution in [-0.2, 0) is 9.53 Å². The van der Waals surface area contributed by atoms with E-state index in [4.69, 9.17) is 4.74 Å². The molecule has 1 N–H and O–H groups in total. The molecular formula is C17H25N3O5. The number of non-ortho nitro benzene ring substituents is 1. The van der Waals surface area contributed by atoms with Crippen LogP contribution in [0.3, 0.4) is 0 Å². The molecule has 1 rings (SSSR count). The molecule has 0 spiro atoms. The largest absolute Gasteiger partial charge is 0.449 e. The van der Waals surface area contributed by atoms with Crippen molar-refractivity contribution in [2.24, 2.45) is 0 Å². The number of carbonyl (C=O) groups is 2. The number of benzene rings is 1. The van der Waals surface area contributed by atoms with Crippen LogP contribution in [0.2, 0.25) is 0 Å². The Bertz CT molecular complexity index is 650. The quantitative estimate of drug-likeness (QED) is 0.460. The molecule has 138 valence electrons. The van der Waals surface area contributed by atoms with Crippen molar-refractivity contribution in [2.75, 3.05) is 12.4 Å². The highest BCUT2D eigenvalue weighted by molar-refractivity contribution is 5.98. The molecule has 0 heterocycles. The minimum Gasteiger partial charge on any atom is -0.449 e. The van der Waals surface area contributed by atoms with Gasteiger partial charge in [-0.2, -0.15) is 0 Å². The molecule has 0 aliphatic carbocycles. The fourth-order valence-electron chi connectivity index (χ4n) is 2.62. The Morgan fingerprint density at radius 1 is 1.16 bits per heavy atom. The van der Waals surface area contributed by atoms with Gasteiger partial charge in [0.2, 0.25) is 0 Å². The van der Waals surface area contributed by atoms with Crippen molar-refractivity contribution in [3.8, 4) is 0 Å². The lowest BCUT2D eigenvalue weighted by Gasteiger charge is -2.32. The summed E-state index contributed by atoms with van der Waals surface area (Å²) in [4.78, 5) is 36.9. The minimum absolute atomic E-state index is 0.0111. The van der Waals surface area contributed by atoms with Gasteiger partial charge in [0.15, 0.2) is 6.10 Å². The van der Waals surface area contributed by atoms with Crippen LogP contribution >= 0.6 is 0 Å². The maximum atomic E-state index is 12.5. The van der Waals surface area contributed by atoms with E-state index in [0.717, 1.165) is 6.07 Å². The molecule has 8 heteroatoms. The van der Waals surface area contributed by atoms with Gasteiger partial charge in [-0.15, -0.1) is 0 Å². The molecule has 0 bridgehead atoms. The smallest absolute Gasteiger partial charge is 0.341 e. The standard InChI is InChI=1S/C17H25N3O5/c1-10(2)19(11(3)4)16(21)12(5)25-17(22)14-9-13(20(23)24)7-8-15(14)18-6/h7-12,18H,1-6H3. The lowest BCUT2D eigenvalue weighted by Crippen LogP contribution is -2.47. The maximum absolute atomic E-state index is 12.5. The van der Waals surface area contributed by atoms with Crippen molar-refractivity contribution in [2.45, 2.75) is 52.8 Å². The van der Waals surface area contributed by atoms with Gasteiger partial charge in [0, 0.05) is 37.0 Å². The summed E-state index contributed by atoms with van der Waals surface area (Å²) < 4.78 is 5.26. The number of hydrogen-bond donors (Lipinski definition) is 1. The second-order valence-electron chi connectivity index (χ2n) is 6.22. The number of carbonyl (C=O) groups excluding carboxylic acids is 2. The fourth-order valence-corrected chi connectivity index (χ4v) is 2.62. The van der Waals surface area contributed by atoms with E-state index in [0.29, 0.717) is 5.69 Å². The molecule has 1 atom stereocenters. The maximum Gasteiger partial charge on any atom is 0.341 e. The molecule has 0 aromatic heterocycles. The van der Waals surface area contributed by atoms with Gasteiger partial charge >= 0.3 is 5.97 Å². The summed E-state index contributed by atoms with van der Waals surface area (Å²) in [5.74, 6) is -1.10. The lowest BCUT2D eigenvalue weighted by molar-refractivity contribution is -0.384. The van der Waals surface area contributed by atoms with Gasteiger partial charge in [-0.3, -0.25) is 14.9 Å². The molecular weight excluding hydrogens is 326 g/mol. The molecule has 1 amide bonds. The number of ether oxygens (including phenoxy) is 1. The fraction of sp³-hybridized carbons (Fsp3) is 0.529. The average molecular weight is 351 g/mol. The van der Waals surface area contributed by atoms with Crippen molar-refractivity contribution in [3.63, 3.8) is 0 Å². The number of rotatable bonds is 7. The molecule has 1 aromatic rings. The Kier molecular flexibility index (Phi) is 6.90. The van der Waals surface area contributed by atoms with E-state index in [2.05, 4.69) is 5.32 Å². The number of nitro groups is 1. The number of hydrogen-bond acceptors (Lipinski definition) is 6. The molecule has 1 unspecified atom stereocenters. The van der Waals surface area contributed by atoms with Crippen LogP contribution in [-0.4, -0.2) is 46.9 Å². The summed E-state index contributed by atoms with van der Waals surface area (Å²) in [6.45, 7) is 9.02. The van der Waals surface area contributed by atoms with Crippen LogP contribution in [0.25, 0.3) is 0 Å². The Hall–Kier alpha value is -2.64. The minimum atomic E-state index is -0.999. The summed E-state index contributed by atoms with van der Waals surface area (Å²) in [7, 11) is 1.59. The van der Waals surface area contributed by atoms with Crippen LogP contribution in [0.15, 0.2) is 18.2 Å². The summed E-state index contributed by atoms with van der Waals surface area (Å²) in [6.07, 6.45) is -0.999. The molecule has 0 saturated carbocycles. The molecule has 1 aromatic carbocycles. The van der Waals surface area contributed by atoms with Gasteiger partial charge in [0.05, 0.1) is 10.5 Å². The Morgan fingerprint density at radius 3 is 2.16 bits per heavy atom. The van der Waals surface area contributed by atoms with E-state index in [9.17, 15) is 19.7 Å². The third kappa shape index (κ3) is 4.91. The third-order valence-electron chi connectivity index (χ3n) is 3.70. The number of nitrogens with zero attached hydrogens (tertiary/aromatic N) is 2. The molecule has 0 aliphatic rings. The van der Waals surface area contributed by atoms with E-state index in [1.165, 1.54) is 19.1 Å². The summed E-state index contributed by atoms with van der Waals surface area (Å²) in [6, 6.07) is 3.76. The highest BCUT2D eigenvalue weighted by atomic mass is 16.6.